The van der Waals surface area contributed by atoms with Gasteiger partial charge in [0.15, 0.2) is 0 Å². The Morgan fingerprint density at radius 1 is 1.27 bits per heavy atom. The highest BCUT2D eigenvalue weighted by Crippen LogP contribution is 2.27. The van der Waals surface area contributed by atoms with Crippen LogP contribution in [0.3, 0.4) is 0 Å². The van der Waals surface area contributed by atoms with Gasteiger partial charge in [-0.1, -0.05) is 12.1 Å². The van der Waals surface area contributed by atoms with Crippen molar-refractivity contribution in [2.24, 2.45) is 0 Å². The van der Waals surface area contributed by atoms with Crippen LogP contribution in [-0.2, 0) is 11.3 Å². The Morgan fingerprint density at radius 3 is 2.50 bits per heavy atom. The molecule has 2 atom stereocenters. The van der Waals surface area contributed by atoms with Gasteiger partial charge in [0.25, 0.3) is 0 Å². The maximum Gasteiger partial charge on any atom is 0.239 e. The molecule has 3 rings (SSSR count). The Bertz CT molecular complexity index is 659. The van der Waals surface area contributed by atoms with Crippen molar-refractivity contribution in [3.05, 3.63) is 35.4 Å². The Labute approximate surface area is 155 Å². The van der Waals surface area contributed by atoms with E-state index in [2.05, 4.69) is 15.9 Å². The van der Waals surface area contributed by atoms with Crippen LogP contribution in [0.1, 0.15) is 30.4 Å². The fraction of sp³-hybridized carbons (Fsp3) is 0.600. The van der Waals surface area contributed by atoms with Gasteiger partial charge < -0.3 is 10.0 Å². The van der Waals surface area contributed by atoms with E-state index in [-0.39, 0.29) is 11.9 Å². The number of hydrogen-bond donors (Lipinski definition) is 1. The molecule has 1 N–H and O–H groups in total. The van der Waals surface area contributed by atoms with E-state index >= 15 is 0 Å². The van der Waals surface area contributed by atoms with Gasteiger partial charge in [-0.25, -0.2) is 0 Å². The molecule has 26 heavy (non-hydrogen) atoms. The molecular weight excluding hydrogens is 328 g/mol. The quantitative estimate of drug-likeness (QED) is 0.873. The van der Waals surface area contributed by atoms with Gasteiger partial charge in [-0.3, -0.25) is 14.6 Å². The summed E-state index contributed by atoms with van der Waals surface area (Å²) >= 11 is 0. The standard InChI is InChI=1S/C20H28N4O2/c1-22(2)20(26)19-11-18(25)14-24(19)17-7-9-23(10-8-17)13-16-5-3-15(12-21)4-6-16/h3-6,17-19,25H,7-11,13-14H2,1-2H3/t18-,19+/m1/s1. The minimum absolute atomic E-state index is 0.0987. The number of nitriles is 1. The van der Waals surface area contributed by atoms with Crippen LogP contribution in [0.2, 0.25) is 0 Å². The lowest BCUT2D eigenvalue weighted by molar-refractivity contribution is -0.134. The molecule has 6 nitrogen and oxygen atoms in total. The molecule has 0 aromatic heterocycles. The van der Waals surface area contributed by atoms with Crippen molar-refractivity contribution in [3.8, 4) is 6.07 Å². The molecular formula is C20H28N4O2. The van der Waals surface area contributed by atoms with E-state index in [0.29, 0.717) is 24.6 Å². The van der Waals surface area contributed by atoms with E-state index in [1.54, 1.807) is 19.0 Å². The molecule has 2 fully saturated rings. The van der Waals surface area contributed by atoms with Gasteiger partial charge >= 0.3 is 0 Å². The van der Waals surface area contributed by atoms with Crippen LogP contribution in [0.25, 0.3) is 0 Å². The lowest BCUT2D eigenvalue weighted by Crippen LogP contribution is -2.51. The Hall–Kier alpha value is -1.94. The summed E-state index contributed by atoms with van der Waals surface area (Å²) in [6.45, 7) is 3.46. The molecule has 6 heteroatoms. The summed E-state index contributed by atoms with van der Waals surface area (Å²) in [6, 6.07) is 10.1. The summed E-state index contributed by atoms with van der Waals surface area (Å²) in [5.74, 6) is 0.0987. The third-order valence-electron chi connectivity index (χ3n) is 5.56. The largest absolute Gasteiger partial charge is 0.392 e. The number of β-amino-alcohol motifs (C(OH)–C–C–N with tert-alkyl or cyclic N) is 1. The van der Waals surface area contributed by atoms with Crippen LogP contribution < -0.4 is 0 Å². The first-order valence-electron chi connectivity index (χ1n) is 9.34. The molecule has 2 saturated heterocycles. The molecule has 2 heterocycles. The van der Waals surface area contributed by atoms with E-state index in [0.717, 1.165) is 32.5 Å². The minimum Gasteiger partial charge on any atom is -0.392 e. The van der Waals surface area contributed by atoms with Crippen molar-refractivity contribution in [2.45, 2.75) is 44.0 Å². The van der Waals surface area contributed by atoms with Gasteiger partial charge in [0, 0.05) is 33.2 Å². The number of aliphatic hydroxyl groups is 1. The second-order valence-corrected chi connectivity index (χ2v) is 7.65. The fourth-order valence-electron chi connectivity index (χ4n) is 4.13. The van der Waals surface area contributed by atoms with Crippen molar-refractivity contribution in [1.29, 1.82) is 5.26 Å². The van der Waals surface area contributed by atoms with Crippen LogP contribution in [0.4, 0.5) is 0 Å². The van der Waals surface area contributed by atoms with E-state index in [4.69, 9.17) is 5.26 Å². The number of piperidine rings is 1. The van der Waals surface area contributed by atoms with Crippen molar-refractivity contribution < 1.29 is 9.90 Å². The number of carbonyl (C=O) groups excluding carboxylic acids is 1. The molecule has 1 amide bonds. The summed E-state index contributed by atoms with van der Waals surface area (Å²) < 4.78 is 0. The van der Waals surface area contributed by atoms with Gasteiger partial charge in [0.1, 0.15) is 0 Å². The molecule has 0 spiro atoms. The first-order valence-corrected chi connectivity index (χ1v) is 9.34. The number of aliphatic hydroxyl groups excluding tert-OH is 1. The molecule has 0 aliphatic carbocycles. The molecule has 1 aromatic rings. The average Bonchev–Trinajstić information content (AvgIpc) is 3.04. The zero-order valence-electron chi connectivity index (χ0n) is 15.6. The second kappa shape index (κ2) is 8.17. The molecule has 0 unspecified atom stereocenters. The van der Waals surface area contributed by atoms with Crippen LogP contribution in [-0.4, -0.2) is 77.6 Å². The number of likely N-dealkylation sites (N-methyl/N-ethyl adjacent to an activating group) is 1. The predicted octanol–water partition coefficient (Wildman–Crippen LogP) is 1.05. The SMILES string of the molecule is CN(C)C(=O)[C@@H]1C[C@@H](O)CN1C1CCN(Cc2ccc(C#N)cc2)CC1. The highest BCUT2D eigenvalue weighted by atomic mass is 16.3. The van der Waals surface area contributed by atoms with E-state index in [1.807, 2.05) is 24.3 Å². The number of likely N-dealkylation sites (tertiary alicyclic amines) is 2. The topological polar surface area (TPSA) is 70.8 Å². The number of amides is 1. The number of rotatable bonds is 4. The Balaban J connectivity index is 1.55. The minimum atomic E-state index is -0.402. The molecule has 2 aliphatic rings. The van der Waals surface area contributed by atoms with E-state index in [9.17, 15) is 9.90 Å². The Morgan fingerprint density at radius 2 is 1.92 bits per heavy atom. The van der Waals surface area contributed by atoms with Crippen molar-refractivity contribution in [1.82, 2.24) is 14.7 Å². The number of nitrogens with zero attached hydrogens (tertiary/aromatic N) is 4. The summed E-state index contributed by atoms with van der Waals surface area (Å²) in [5, 5.41) is 19.0. The van der Waals surface area contributed by atoms with Gasteiger partial charge in [-0.15, -0.1) is 0 Å². The highest BCUT2D eigenvalue weighted by molar-refractivity contribution is 5.81. The number of carbonyl (C=O) groups is 1. The van der Waals surface area contributed by atoms with Gasteiger partial charge in [-0.05, 0) is 50.0 Å². The number of hydrogen-bond acceptors (Lipinski definition) is 5. The molecule has 1 aromatic carbocycles. The van der Waals surface area contributed by atoms with Crippen molar-refractivity contribution in [3.63, 3.8) is 0 Å². The molecule has 0 bridgehead atoms. The van der Waals surface area contributed by atoms with Gasteiger partial charge in [0.05, 0.1) is 23.8 Å². The predicted molar refractivity (Wildman–Crippen MR) is 99.3 cm³/mol. The summed E-state index contributed by atoms with van der Waals surface area (Å²) in [4.78, 5) is 18.7. The monoisotopic (exact) mass is 356 g/mol. The third kappa shape index (κ3) is 4.24. The lowest BCUT2D eigenvalue weighted by Gasteiger charge is -2.39. The smallest absolute Gasteiger partial charge is 0.239 e. The maximum atomic E-state index is 12.4. The normalized spacial score (nSPS) is 25.2. The third-order valence-corrected chi connectivity index (χ3v) is 5.56. The summed E-state index contributed by atoms with van der Waals surface area (Å²) in [5.41, 5.74) is 1.91. The highest BCUT2D eigenvalue weighted by Gasteiger charge is 2.41. The maximum absolute atomic E-state index is 12.4. The van der Waals surface area contributed by atoms with E-state index in [1.165, 1.54) is 5.56 Å². The van der Waals surface area contributed by atoms with E-state index < -0.39 is 6.10 Å². The molecule has 140 valence electrons. The van der Waals surface area contributed by atoms with Crippen LogP contribution in [0, 0.1) is 11.3 Å². The van der Waals surface area contributed by atoms with Crippen molar-refractivity contribution >= 4 is 5.91 Å². The van der Waals surface area contributed by atoms with Crippen LogP contribution >= 0.6 is 0 Å². The van der Waals surface area contributed by atoms with Crippen molar-refractivity contribution in [2.75, 3.05) is 33.7 Å². The first-order chi connectivity index (χ1) is 12.5. The fourth-order valence-corrected chi connectivity index (χ4v) is 4.13. The second-order valence-electron chi connectivity index (χ2n) is 7.65. The Kier molecular flexibility index (Phi) is 5.92. The molecule has 0 radical (unpaired) electrons. The summed E-state index contributed by atoms with van der Waals surface area (Å²) in [7, 11) is 3.57. The average molecular weight is 356 g/mol. The zero-order chi connectivity index (χ0) is 18.7. The van der Waals surface area contributed by atoms with Crippen LogP contribution in [0.5, 0.6) is 0 Å². The molecule has 2 aliphatic heterocycles. The zero-order valence-corrected chi connectivity index (χ0v) is 15.6. The van der Waals surface area contributed by atoms with Gasteiger partial charge in [-0.2, -0.15) is 5.26 Å². The lowest BCUT2D eigenvalue weighted by atomic mass is 10.0. The van der Waals surface area contributed by atoms with Crippen LogP contribution in [0.15, 0.2) is 24.3 Å². The molecule has 0 saturated carbocycles. The summed E-state index contributed by atoms with van der Waals surface area (Å²) in [6.07, 6.45) is 2.17. The first kappa shape index (κ1) is 18.8. The number of benzene rings is 1. The van der Waals surface area contributed by atoms with Gasteiger partial charge in [0.2, 0.25) is 5.91 Å².